The average Bonchev–Trinajstić information content (AvgIpc) is 2.76. The molecule has 0 aliphatic rings. The van der Waals surface area contributed by atoms with Crippen LogP contribution in [-0.2, 0) is 13.0 Å². The topological polar surface area (TPSA) is 29.9 Å². The van der Waals surface area contributed by atoms with Crippen molar-refractivity contribution in [2.24, 2.45) is 5.92 Å². The van der Waals surface area contributed by atoms with Gasteiger partial charge in [0.1, 0.15) is 5.82 Å². The highest BCUT2D eigenvalue weighted by Gasteiger charge is 2.13. The number of aryl methyl sites for hydroxylation is 1. The lowest BCUT2D eigenvalue weighted by Gasteiger charge is -2.20. The van der Waals surface area contributed by atoms with Crippen molar-refractivity contribution in [3.8, 4) is 0 Å². The fourth-order valence-electron chi connectivity index (χ4n) is 2.15. The van der Waals surface area contributed by atoms with Crippen LogP contribution in [0.1, 0.15) is 45.9 Å². The third kappa shape index (κ3) is 4.50. The summed E-state index contributed by atoms with van der Waals surface area (Å²) in [4.78, 5) is 4.48. The Hall–Kier alpha value is -0.830. The van der Waals surface area contributed by atoms with Crippen LogP contribution in [0.4, 0.5) is 0 Å². The largest absolute Gasteiger partial charge is 0.335 e. The smallest absolute Gasteiger partial charge is 0.110 e. The number of likely N-dealkylation sites (N-methyl/N-ethyl adjacent to an activating group) is 1. The third-order valence-corrected chi connectivity index (χ3v) is 3.49. The van der Waals surface area contributed by atoms with Gasteiger partial charge in [0.25, 0.3) is 0 Å². The zero-order valence-electron chi connectivity index (χ0n) is 11.7. The molecule has 0 radical (unpaired) electrons. The summed E-state index contributed by atoms with van der Waals surface area (Å²) in [6.07, 6.45) is 8.69. The van der Waals surface area contributed by atoms with Crippen LogP contribution in [0.3, 0.4) is 0 Å². The van der Waals surface area contributed by atoms with Gasteiger partial charge in [-0.3, -0.25) is 0 Å². The summed E-state index contributed by atoms with van der Waals surface area (Å²) in [6, 6.07) is 0.544. The van der Waals surface area contributed by atoms with Crippen LogP contribution in [0.5, 0.6) is 0 Å². The highest BCUT2D eigenvalue weighted by atomic mass is 15.1. The van der Waals surface area contributed by atoms with Crippen LogP contribution in [0.25, 0.3) is 0 Å². The molecular weight excluding hydrogens is 210 g/mol. The summed E-state index contributed by atoms with van der Waals surface area (Å²) in [7, 11) is 2.06. The summed E-state index contributed by atoms with van der Waals surface area (Å²) in [6.45, 7) is 7.87. The maximum atomic E-state index is 4.48. The molecule has 0 fully saturated rings. The molecule has 1 rings (SSSR count). The van der Waals surface area contributed by atoms with Gasteiger partial charge >= 0.3 is 0 Å². The van der Waals surface area contributed by atoms with Crippen molar-refractivity contribution in [2.45, 2.75) is 59.0 Å². The van der Waals surface area contributed by atoms with E-state index in [9.17, 15) is 0 Å². The van der Waals surface area contributed by atoms with E-state index in [0.717, 1.165) is 18.9 Å². The fraction of sp³-hybridized carbons (Fsp3) is 0.786. The van der Waals surface area contributed by atoms with E-state index in [0.29, 0.717) is 6.04 Å². The maximum absolute atomic E-state index is 4.48. The van der Waals surface area contributed by atoms with Crippen molar-refractivity contribution >= 4 is 0 Å². The number of nitrogens with one attached hydrogen (secondary N) is 1. The van der Waals surface area contributed by atoms with Gasteiger partial charge in [-0.1, -0.05) is 27.2 Å². The third-order valence-electron chi connectivity index (χ3n) is 3.49. The van der Waals surface area contributed by atoms with E-state index in [1.165, 1.54) is 25.1 Å². The van der Waals surface area contributed by atoms with Gasteiger partial charge < -0.3 is 9.88 Å². The summed E-state index contributed by atoms with van der Waals surface area (Å²) in [5.41, 5.74) is 0. The summed E-state index contributed by atoms with van der Waals surface area (Å²) < 4.78 is 2.28. The molecule has 0 aliphatic carbocycles. The van der Waals surface area contributed by atoms with Gasteiger partial charge in [-0.25, -0.2) is 4.98 Å². The Balaban J connectivity index is 2.57. The first-order chi connectivity index (χ1) is 8.21. The first kappa shape index (κ1) is 14.2. The number of nitrogens with zero attached hydrogens (tertiary/aromatic N) is 2. The molecular formula is C14H27N3. The molecule has 3 nitrogen and oxygen atoms in total. The first-order valence-corrected chi connectivity index (χ1v) is 6.88. The van der Waals surface area contributed by atoms with E-state index in [4.69, 9.17) is 0 Å². The Bertz CT molecular complexity index is 306. The Morgan fingerprint density at radius 2 is 2.18 bits per heavy atom. The van der Waals surface area contributed by atoms with Gasteiger partial charge in [-0.05, 0) is 25.8 Å². The molecule has 2 unspecified atom stereocenters. The molecule has 0 aromatic carbocycles. The molecule has 0 saturated carbocycles. The van der Waals surface area contributed by atoms with E-state index >= 15 is 0 Å². The molecule has 1 heterocycles. The van der Waals surface area contributed by atoms with Gasteiger partial charge in [0.05, 0.1) is 0 Å². The van der Waals surface area contributed by atoms with Crippen molar-refractivity contribution in [3.05, 3.63) is 18.2 Å². The van der Waals surface area contributed by atoms with Crippen molar-refractivity contribution < 1.29 is 0 Å². The minimum Gasteiger partial charge on any atom is -0.335 e. The highest BCUT2D eigenvalue weighted by Crippen LogP contribution is 2.13. The fourth-order valence-corrected chi connectivity index (χ4v) is 2.15. The standard InChI is InChI=1S/C14H27N3/c1-5-8-17-9-7-16-14(17)11-13(15-4)10-12(3)6-2/h7,9,12-13,15H,5-6,8,10-11H2,1-4H3. The minimum atomic E-state index is 0.544. The summed E-state index contributed by atoms with van der Waals surface area (Å²) >= 11 is 0. The molecule has 0 spiro atoms. The molecule has 2 atom stereocenters. The molecule has 0 saturated heterocycles. The minimum absolute atomic E-state index is 0.544. The van der Waals surface area contributed by atoms with Crippen molar-refractivity contribution in [2.75, 3.05) is 7.05 Å². The van der Waals surface area contributed by atoms with Gasteiger partial charge in [-0.2, -0.15) is 0 Å². The van der Waals surface area contributed by atoms with Crippen LogP contribution in [0.2, 0.25) is 0 Å². The van der Waals surface area contributed by atoms with Crippen molar-refractivity contribution in [1.29, 1.82) is 0 Å². The molecule has 3 heteroatoms. The number of hydrogen-bond acceptors (Lipinski definition) is 2. The second-order valence-corrected chi connectivity index (χ2v) is 4.98. The van der Waals surface area contributed by atoms with Crippen LogP contribution < -0.4 is 5.32 Å². The molecule has 17 heavy (non-hydrogen) atoms. The lowest BCUT2D eigenvalue weighted by Crippen LogP contribution is -2.30. The second-order valence-electron chi connectivity index (χ2n) is 4.98. The van der Waals surface area contributed by atoms with E-state index in [1.54, 1.807) is 0 Å². The van der Waals surface area contributed by atoms with Crippen LogP contribution in [0, 0.1) is 5.92 Å². The van der Waals surface area contributed by atoms with E-state index in [2.05, 4.69) is 48.9 Å². The molecule has 98 valence electrons. The number of imidazole rings is 1. The number of hydrogen-bond donors (Lipinski definition) is 1. The number of rotatable bonds is 8. The predicted molar refractivity (Wildman–Crippen MR) is 73.1 cm³/mol. The Labute approximate surface area is 106 Å². The SMILES string of the molecule is CCCn1ccnc1CC(CC(C)CC)NC. The Morgan fingerprint density at radius 1 is 1.41 bits per heavy atom. The zero-order chi connectivity index (χ0) is 12.7. The lowest BCUT2D eigenvalue weighted by atomic mass is 9.97. The molecule has 0 amide bonds. The Morgan fingerprint density at radius 3 is 2.76 bits per heavy atom. The van der Waals surface area contributed by atoms with Crippen molar-refractivity contribution in [1.82, 2.24) is 14.9 Å². The van der Waals surface area contributed by atoms with E-state index in [1.807, 2.05) is 6.20 Å². The van der Waals surface area contributed by atoms with Gasteiger partial charge in [-0.15, -0.1) is 0 Å². The Kier molecular flexibility index (Phi) is 6.27. The molecule has 1 aromatic heterocycles. The molecule has 1 aromatic rings. The van der Waals surface area contributed by atoms with E-state index in [-0.39, 0.29) is 0 Å². The maximum Gasteiger partial charge on any atom is 0.110 e. The van der Waals surface area contributed by atoms with Gasteiger partial charge in [0.15, 0.2) is 0 Å². The summed E-state index contributed by atoms with van der Waals surface area (Å²) in [5.74, 6) is 2.00. The zero-order valence-corrected chi connectivity index (χ0v) is 11.7. The van der Waals surface area contributed by atoms with Crippen molar-refractivity contribution in [3.63, 3.8) is 0 Å². The monoisotopic (exact) mass is 237 g/mol. The predicted octanol–water partition coefficient (Wildman–Crippen LogP) is 2.86. The van der Waals surface area contributed by atoms with Gasteiger partial charge in [0, 0.05) is 31.4 Å². The van der Waals surface area contributed by atoms with Crippen LogP contribution in [-0.4, -0.2) is 22.6 Å². The van der Waals surface area contributed by atoms with Crippen LogP contribution in [0.15, 0.2) is 12.4 Å². The van der Waals surface area contributed by atoms with E-state index < -0.39 is 0 Å². The molecule has 0 aliphatic heterocycles. The van der Waals surface area contributed by atoms with Crippen LogP contribution >= 0.6 is 0 Å². The second kappa shape index (κ2) is 7.49. The number of aromatic nitrogens is 2. The highest BCUT2D eigenvalue weighted by molar-refractivity contribution is 4.95. The molecule has 0 bridgehead atoms. The molecule has 1 N–H and O–H groups in total. The first-order valence-electron chi connectivity index (χ1n) is 6.88. The average molecular weight is 237 g/mol. The summed E-state index contributed by atoms with van der Waals surface area (Å²) in [5, 5.41) is 3.42. The quantitative estimate of drug-likeness (QED) is 0.753. The lowest BCUT2D eigenvalue weighted by molar-refractivity contribution is 0.401. The van der Waals surface area contributed by atoms with Gasteiger partial charge in [0.2, 0.25) is 0 Å². The normalized spacial score (nSPS) is 14.8.